The maximum absolute atomic E-state index is 12.6. The van der Waals surface area contributed by atoms with Crippen LogP contribution >= 0.6 is 0 Å². The second-order valence-electron chi connectivity index (χ2n) is 7.22. The SMILES string of the molecule is Cn1cnc(S(=O)(=O)N[C@@H](Cc2ccc(OCCCON=C(N)N)cc2)C(=O)OOC(=O)C(F)(F)F)c1. The van der Waals surface area contributed by atoms with Crippen LogP contribution in [0.4, 0.5) is 13.2 Å². The number of halogens is 3. The van der Waals surface area contributed by atoms with Gasteiger partial charge in [0.2, 0.25) is 5.96 Å². The molecule has 0 radical (unpaired) electrons. The molecule has 2 rings (SSSR count). The number of benzene rings is 1. The number of oxime groups is 1. The number of aryl methyl sites for hydroxylation is 1. The van der Waals surface area contributed by atoms with Crippen molar-refractivity contribution >= 4 is 27.9 Å². The Kier molecular flexibility index (Phi) is 10.1. The van der Waals surface area contributed by atoms with Gasteiger partial charge in [0.1, 0.15) is 18.4 Å². The van der Waals surface area contributed by atoms with Crippen LogP contribution in [0.5, 0.6) is 5.75 Å². The van der Waals surface area contributed by atoms with Crippen molar-refractivity contribution in [3.8, 4) is 5.75 Å². The number of nitrogens with two attached hydrogens (primary N) is 2. The van der Waals surface area contributed by atoms with E-state index in [9.17, 15) is 31.2 Å². The van der Waals surface area contributed by atoms with E-state index in [4.69, 9.17) is 21.0 Å². The summed E-state index contributed by atoms with van der Waals surface area (Å²) in [5.74, 6) is -4.20. The number of aromatic nitrogens is 2. The lowest BCUT2D eigenvalue weighted by atomic mass is 10.1. The van der Waals surface area contributed by atoms with Gasteiger partial charge in [-0.1, -0.05) is 12.1 Å². The van der Waals surface area contributed by atoms with Gasteiger partial charge in [-0.3, -0.25) is 0 Å². The third kappa shape index (κ3) is 9.84. The molecule has 5 N–H and O–H groups in total. The highest BCUT2D eigenvalue weighted by atomic mass is 32.2. The summed E-state index contributed by atoms with van der Waals surface area (Å²) in [5, 5.41) is 2.88. The standard InChI is InChI=1S/C19H23F3N6O8S/c1-28-10-15(25-11-28)37(31,32)27-14(16(29)35-36-17(30)19(20,21)22)9-12-3-5-13(6-4-12)33-7-2-8-34-26-18(23)24/h3-6,10-11,14,27H,2,7-9H2,1H3,(H4,23,24,26)/t14-/m0/s1. The summed E-state index contributed by atoms with van der Waals surface area (Å²) in [6.45, 7) is 0.428. The molecule has 0 bridgehead atoms. The third-order valence-electron chi connectivity index (χ3n) is 4.15. The minimum atomic E-state index is -5.43. The molecule has 204 valence electrons. The smallest absolute Gasteiger partial charge is 0.493 e. The molecule has 0 aliphatic heterocycles. The minimum absolute atomic E-state index is 0.190. The van der Waals surface area contributed by atoms with Crippen molar-refractivity contribution in [2.75, 3.05) is 13.2 Å². The Morgan fingerprint density at radius 3 is 2.41 bits per heavy atom. The number of hydrogen-bond acceptors (Lipinski definition) is 10. The van der Waals surface area contributed by atoms with E-state index in [-0.39, 0.29) is 25.6 Å². The number of ether oxygens (including phenoxy) is 1. The van der Waals surface area contributed by atoms with Crippen molar-refractivity contribution in [1.82, 2.24) is 14.3 Å². The molecule has 0 saturated carbocycles. The normalized spacial score (nSPS) is 12.3. The van der Waals surface area contributed by atoms with Gasteiger partial charge in [-0.15, -0.1) is 0 Å². The molecule has 1 heterocycles. The zero-order chi connectivity index (χ0) is 27.6. The van der Waals surface area contributed by atoms with Crippen molar-refractivity contribution in [2.24, 2.45) is 23.7 Å². The van der Waals surface area contributed by atoms with Crippen LogP contribution in [0.2, 0.25) is 0 Å². The first-order chi connectivity index (χ1) is 17.3. The zero-order valence-electron chi connectivity index (χ0n) is 19.2. The van der Waals surface area contributed by atoms with Crippen molar-refractivity contribution in [2.45, 2.75) is 30.1 Å². The molecular formula is C19H23F3N6O8S. The fraction of sp³-hybridized carbons (Fsp3) is 0.368. The summed E-state index contributed by atoms with van der Waals surface area (Å²) >= 11 is 0. The Bertz CT molecular complexity index is 1200. The van der Waals surface area contributed by atoms with Crippen molar-refractivity contribution in [1.29, 1.82) is 0 Å². The lowest BCUT2D eigenvalue weighted by Crippen LogP contribution is -2.44. The predicted octanol–water partition coefficient (Wildman–Crippen LogP) is -0.153. The van der Waals surface area contributed by atoms with Crippen LogP contribution in [0.25, 0.3) is 0 Å². The Balaban J connectivity index is 2.07. The molecule has 37 heavy (non-hydrogen) atoms. The molecule has 1 atom stereocenters. The second-order valence-corrected chi connectivity index (χ2v) is 8.88. The van der Waals surface area contributed by atoms with Gasteiger partial charge < -0.3 is 25.6 Å². The van der Waals surface area contributed by atoms with Gasteiger partial charge in [0.15, 0.2) is 5.03 Å². The summed E-state index contributed by atoms with van der Waals surface area (Å²) in [7, 11) is -2.92. The zero-order valence-corrected chi connectivity index (χ0v) is 20.0. The summed E-state index contributed by atoms with van der Waals surface area (Å²) in [6.07, 6.45) is -3.07. The van der Waals surface area contributed by atoms with E-state index in [1.54, 1.807) is 0 Å². The van der Waals surface area contributed by atoms with Crippen LogP contribution in [0.15, 0.2) is 47.0 Å². The third-order valence-corrected chi connectivity index (χ3v) is 5.51. The highest BCUT2D eigenvalue weighted by Crippen LogP contribution is 2.18. The lowest BCUT2D eigenvalue weighted by molar-refractivity contribution is -0.286. The van der Waals surface area contributed by atoms with Crippen molar-refractivity contribution in [3.05, 3.63) is 42.4 Å². The molecule has 0 fully saturated rings. The highest BCUT2D eigenvalue weighted by molar-refractivity contribution is 7.89. The maximum Gasteiger partial charge on any atom is 0.495 e. The first-order valence-corrected chi connectivity index (χ1v) is 11.7. The molecule has 0 amide bonds. The molecule has 0 aliphatic carbocycles. The molecule has 1 aromatic heterocycles. The number of sulfonamides is 1. The number of imidazole rings is 1. The average Bonchev–Trinajstić information content (AvgIpc) is 3.26. The Hall–Kier alpha value is -4.06. The topological polar surface area (TPSA) is 199 Å². The number of rotatable bonds is 12. The number of nitrogens with one attached hydrogen (secondary N) is 1. The number of guanidine groups is 1. The van der Waals surface area contributed by atoms with Crippen molar-refractivity contribution in [3.63, 3.8) is 0 Å². The molecule has 0 unspecified atom stereocenters. The predicted molar refractivity (Wildman–Crippen MR) is 118 cm³/mol. The Labute approximate surface area is 208 Å². The van der Waals surface area contributed by atoms with Crippen LogP contribution in [0.1, 0.15) is 12.0 Å². The highest BCUT2D eigenvalue weighted by Gasteiger charge is 2.43. The van der Waals surface area contributed by atoms with Gasteiger partial charge in [-0.2, -0.15) is 17.9 Å². The molecule has 2 aromatic rings. The summed E-state index contributed by atoms with van der Waals surface area (Å²) in [4.78, 5) is 39.1. The number of carbonyl (C=O) groups excluding carboxylic acids is 2. The number of alkyl halides is 3. The van der Waals surface area contributed by atoms with E-state index < -0.39 is 39.2 Å². The Morgan fingerprint density at radius 2 is 1.84 bits per heavy atom. The van der Waals surface area contributed by atoms with Crippen molar-refractivity contribution < 1.29 is 50.5 Å². The van der Waals surface area contributed by atoms with Crippen LogP contribution in [0, 0.1) is 0 Å². The van der Waals surface area contributed by atoms with E-state index in [1.165, 1.54) is 42.2 Å². The van der Waals surface area contributed by atoms with E-state index in [0.29, 0.717) is 17.7 Å². The minimum Gasteiger partial charge on any atom is -0.493 e. The summed E-state index contributed by atoms with van der Waals surface area (Å²) in [5.41, 5.74) is 10.6. The number of carbonyl (C=O) groups is 2. The molecule has 0 saturated heterocycles. The molecule has 18 heteroatoms. The fourth-order valence-corrected chi connectivity index (χ4v) is 3.69. The van der Waals surface area contributed by atoms with Crippen LogP contribution in [-0.4, -0.2) is 61.3 Å². The quantitative estimate of drug-likeness (QED) is 0.104. The van der Waals surface area contributed by atoms with Gasteiger partial charge in [-0.25, -0.2) is 32.8 Å². The van der Waals surface area contributed by atoms with E-state index in [0.717, 1.165) is 6.20 Å². The number of nitrogens with zero attached hydrogens (tertiary/aromatic N) is 3. The van der Waals surface area contributed by atoms with Gasteiger partial charge in [-0.05, 0) is 29.3 Å². The summed E-state index contributed by atoms with van der Waals surface area (Å²) in [6, 6.07) is 4.18. The lowest BCUT2D eigenvalue weighted by Gasteiger charge is -2.16. The molecule has 0 aliphatic rings. The molecule has 14 nitrogen and oxygen atoms in total. The van der Waals surface area contributed by atoms with Gasteiger partial charge in [0.05, 0.1) is 12.9 Å². The first-order valence-electron chi connectivity index (χ1n) is 10.2. The van der Waals surface area contributed by atoms with Gasteiger partial charge >= 0.3 is 18.1 Å². The largest absolute Gasteiger partial charge is 0.495 e. The maximum atomic E-state index is 12.6. The monoisotopic (exact) mass is 552 g/mol. The fourth-order valence-electron chi connectivity index (χ4n) is 2.52. The van der Waals surface area contributed by atoms with Crippen LogP contribution < -0.4 is 20.9 Å². The van der Waals surface area contributed by atoms with Crippen LogP contribution in [-0.2, 0) is 47.7 Å². The summed E-state index contributed by atoms with van der Waals surface area (Å²) < 4.78 is 71.0. The molecular weight excluding hydrogens is 529 g/mol. The van der Waals surface area contributed by atoms with E-state index in [2.05, 4.69) is 19.9 Å². The van der Waals surface area contributed by atoms with E-state index >= 15 is 0 Å². The average molecular weight is 552 g/mol. The van der Waals surface area contributed by atoms with E-state index in [1.807, 2.05) is 4.72 Å². The Morgan fingerprint density at radius 1 is 1.16 bits per heavy atom. The molecule has 1 aromatic carbocycles. The van der Waals surface area contributed by atoms with Gasteiger partial charge in [0.25, 0.3) is 10.0 Å². The first kappa shape index (κ1) is 29.2. The second kappa shape index (κ2) is 12.8. The molecule has 0 spiro atoms. The van der Waals surface area contributed by atoms with Crippen LogP contribution in [0.3, 0.4) is 0 Å². The van der Waals surface area contributed by atoms with Gasteiger partial charge in [0, 0.05) is 19.7 Å². The number of hydrogen-bond donors (Lipinski definition) is 3.